The fourth-order valence-corrected chi connectivity index (χ4v) is 11.8. The van der Waals surface area contributed by atoms with Gasteiger partial charge in [-0.3, -0.25) is 0 Å². The second kappa shape index (κ2) is 21.6. The molecule has 0 heteroatoms. The Bertz CT molecular complexity index is 3640. The Balaban J connectivity index is 1.21. The molecule has 0 aliphatic rings. The van der Waals surface area contributed by atoms with Gasteiger partial charge in [-0.15, -0.1) is 0 Å². The van der Waals surface area contributed by atoms with Crippen molar-refractivity contribution in [2.45, 2.75) is 0 Å². The standard InChI is InChI=1S/C78H54/c1-11-31-55(32-12-1)67-69(57-35-15-3-16-36-57)73(61-43-23-7-24-44-61)77(74(62-45-25-8-26-46-62)70(67)58-37-17-4-18-38-58)65-51-53-66(54-52-65)78-75(63-47-27-9-28-48-63)71(59-39-19-5-20-40-59)68(56-33-13-2-14-34-56)72(60-41-21-6-22-42-60)76(78)64-49-29-10-30-50-64/h1-54H. The summed E-state index contributed by atoms with van der Waals surface area (Å²) in [4.78, 5) is 0. The largest absolute Gasteiger partial charge is 0.0622 e. The number of hydrogen-bond acceptors (Lipinski definition) is 0. The maximum Gasteiger partial charge on any atom is -0.00139 e. The van der Waals surface area contributed by atoms with Crippen molar-refractivity contribution in [2.75, 3.05) is 0 Å². The predicted molar refractivity (Wildman–Crippen MR) is 332 cm³/mol. The molecule has 0 radical (unpaired) electrons. The Morgan fingerprint density at radius 1 is 0.0769 bits per heavy atom. The molecule has 0 saturated carbocycles. The Kier molecular flexibility index (Phi) is 13.2. The van der Waals surface area contributed by atoms with Crippen LogP contribution in [0, 0.1) is 0 Å². The highest BCUT2D eigenvalue weighted by Crippen LogP contribution is 2.58. The molecule has 0 unspecified atom stereocenters. The van der Waals surface area contributed by atoms with Gasteiger partial charge in [0.05, 0.1) is 0 Å². The number of rotatable bonds is 12. The van der Waals surface area contributed by atoms with Gasteiger partial charge in [-0.2, -0.15) is 0 Å². The molecule has 78 heavy (non-hydrogen) atoms. The third-order valence-electron chi connectivity index (χ3n) is 15.1. The average Bonchev–Trinajstić information content (AvgIpc) is 3.68. The van der Waals surface area contributed by atoms with Crippen molar-refractivity contribution in [1.82, 2.24) is 0 Å². The van der Waals surface area contributed by atoms with Crippen LogP contribution in [0.5, 0.6) is 0 Å². The van der Waals surface area contributed by atoms with Gasteiger partial charge in [0.25, 0.3) is 0 Å². The van der Waals surface area contributed by atoms with Crippen LogP contribution >= 0.6 is 0 Å². The lowest BCUT2D eigenvalue weighted by Gasteiger charge is -2.29. The molecule has 0 spiro atoms. The minimum Gasteiger partial charge on any atom is -0.0622 e. The summed E-state index contributed by atoms with van der Waals surface area (Å²) in [6, 6.07) is 120. The van der Waals surface area contributed by atoms with Crippen molar-refractivity contribution in [1.29, 1.82) is 0 Å². The lowest BCUT2D eigenvalue weighted by atomic mass is 9.73. The SMILES string of the molecule is c1ccc(-c2c(-c3ccccc3)c(-c3ccccc3)c(-c3ccc(-c4c(-c5ccccc5)c(-c5ccccc5)c(-c5ccccc5)c(-c5ccccc5)c4-c4ccccc4)cc3)c(-c3ccccc3)c2-c2ccccc2)cc1. The van der Waals surface area contributed by atoms with Crippen molar-refractivity contribution in [3.63, 3.8) is 0 Å². The molecule has 0 nitrogen and oxygen atoms in total. The summed E-state index contributed by atoms with van der Waals surface area (Å²) in [6.07, 6.45) is 0. The summed E-state index contributed by atoms with van der Waals surface area (Å²) in [5.74, 6) is 0. The summed E-state index contributed by atoms with van der Waals surface area (Å²) in [7, 11) is 0. The van der Waals surface area contributed by atoms with E-state index in [1.165, 1.54) is 66.8 Å². The van der Waals surface area contributed by atoms with Gasteiger partial charge >= 0.3 is 0 Å². The van der Waals surface area contributed by atoms with E-state index in [0.29, 0.717) is 0 Å². The normalized spacial score (nSPS) is 11.1. The molecule has 0 bridgehead atoms. The molecule has 0 atom stereocenters. The first-order valence-corrected chi connectivity index (χ1v) is 26.9. The highest BCUT2D eigenvalue weighted by Gasteiger charge is 2.31. The topological polar surface area (TPSA) is 0 Å². The number of benzene rings is 13. The number of hydrogen-bond donors (Lipinski definition) is 0. The van der Waals surface area contributed by atoms with Crippen LogP contribution in [0.2, 0.25) is 0 Å². The molecule has 0 N–H and O–H groups in total. The van der Waals surface area contributed by atoms with Crippen molar-refractivity contribution in [3.8, 4) is 134 Å². The quantitative estimate of drug-likeness (QED) is 0.114. The van der Waals surface area contributed by atoms with Gasteiger partial charge in [0.15, 0.2) is 0 Å². The molecule has 0 fully saturated rings. The Morgan fingerprint density at radius 2 is 0.154 bits per heavy atom. The van der Waals surface area contributed by atoms with Crippen LogP contribution in [-0.2, 0) is 0 Å². The molecule has 13 aromatic rings. The minimum atomic E-state index is 1.13. The van der Waals surface area contributed by atoms with E-state index in [0.717, 1.165) is 66.8 Å². The zero-order chi connectivity index (χ0) is 52.0. The van der Waals surface area contributed by atoms with E-state index in [1.54, 1.807) is 0 Å². The molecule has 0 heterocycles. The van der Waals surface area contributed by atoms with Gasteiger partial charge in [0, 0.05) is 0 Å². The molecule has 0 amide bonds. The highest BCUT2D eigenvalue weighted by molar-refractivity contribution is 6.17. The average molecular weight is 991 g/mol. The molecule has 0 aliphatic heterocycles. The first kappa shape index (κ1) is 47.6. The van der Waals surface area contributed by atoms with Crippen LogP contribution in [0.25, 0.3) is 134 Å². The summed E-state index contributed by atoms with van der Waals surface area (Å²) < 4.78 is 0. The van der Waals surface area contributed by atoms with Crippen molar-refractivity contribution < 1.29 is 0 Å². The fourth-order valence-electron chi connectivity index (χ4n) is 11.8. The monoisotopic (exact) mass is 990 g/mol. The zero-order valence-corrected chi connectivity index (χ0v) is 43.2. The predicted octanol–water partition coefficient (Wildman–Crippen LogP) is 21.7. The molecule has 366 valence electrons. The Labute approximate surface area is 458 Å². The fraction of sp³-hybridized carbons (Fsp3) is 0. The lowest BCUT2D eigenvalue weighted by Crippen LogP contribution is -2.03. The second-order valence-corrected chi connectivity index (χ2v) is 19.7. The Morgan fingerprint density at radius 3 is 0.244 bits per heavy atom. The van der Waals surface area contributed by atoms with Gasteiger partial charge in [-0.25, -0.2) is 0 Å². The summed E-state index contributed by atoms with van der Waals surface area (Å²) in [6.45, 7) is 0. The van der Waals surface area contributed by atoms with Crippen LogP contribution in [0.3, 0.4) is 0 Å². The molecule has 13 aromatic carbocycles. The molecule has 0 aliphatic carbocycles. The van der Waals surface area contributed by atoms with Crippen LogP contribution in [0.4, 0.5) is 0 Å². The second-order valence-electron chi connectivity index (χ2n) is 19.7. The third kappa shape index (κ3) is 8.96. The van der Waals surface area contributed by atoms with E-state index >= 15 is 0 Å². The molecular formula is C78H54. The zero-order valence-electron chi connectivity index (χ0n) is 43.2. The van der Waals surface area contributed by atoms with Gasteiger partial charge in [-0.05, 0) is 134 Å². The minimum absolute atomic E-state index is 1.13. The lowest BCUT2D eigenvalue weighted by molar-refractivity contribution is 1.50. The van der Waals surface area contributed by atoms with Crippen molar-refractivity contribution >= 4 is 0 Å². The smallest absolute Gasteiger partial charge is 0.00139 e. The van der Waals surface area contributed by atoms with Gasteiger partial charge in [-0.1, -0.05) is 328 Å². The van der Waals surface area contributed by atoms with Gasteiger partial charge in [0.2, 0.25) is 0 Å². The molecule has 0 aromatic heterocycles. The van der Waals surface area contributed by atoms with E-state index in [4.69, 9.17) is 0 Å². The molecule has 0 saturated heterocycles. The van der Waals surface area contributed by atoms with Gasteiger partial charge in [0.1, 0.15) is 0 Å². The van der Waals surface area contributed by atoms with E-state index in [2.05, 4.69) is 328 Å². The van der Waals surface area contributed by atoms with Crippen LogP contribution in [-0.4, -0.2) is 0 Å². The van der Waals surface area contributed by atoms with Crippen LogP contribution in [0.1, 0.15) is 0 Å². The molecular weight excluding hydrogens is 937 g/mol. The van der Waals surface area contributed by atoms with Crippen LogP contribution < -0.4 is 0 Å². The van der Waals surface area contributed by atoms with E-state index < -0.39 is 0 Å². The van der Waals surface area contributed by atoms with Crippen molar-refractivity contribution in [3.05, 3.63) is 328 Å². The van der Waals surface area contributed by atoms with E-state index in [1.807, 2.05) is 0 Å². The van der Waals surface area contributed by atoms with E-state index in [-0.39, 0.29) is 0 Å². The first-order valence-electron chi connectivity index (χ1n) is 26.9. The first-order chi connectivity index (χ1) is 38.8. The Hall–Kier alpha value is -10.1. The molecule has 13 rings (SSSR count). The highest BCUT2D eigenvalue weighted by atomic mass is 14.3. The third-order valence-corrected chi connectivity index (χ3v) is 15.1. The van der Waals surface area contributed by atoms with Crippen LogP contribution in [0.15, 0.2) is 328 Å². The van der Waals surface area contributed by atoms with Crippen molar-refractivity contribution in [2.24, 2.45) is 0 Å². The maximum atomic E-state index is 2.40. The van der Waals surface area contributed by atoms with E-state index in [9.17, 15) is 0 Å². The summed E-state index contributed by atoms with van der Waals surface area (Å²) in [5, 5.41) is 0. The summed E-state index contributed by atoms with van der Waals surface area (Å²) in [5.41, 5.74) is 28.1. The maximum absolute atomic E-state index is 2.40. The van der Waals surface area contributed by atoms with Gasteiger partial charge < -0.3 is 0 Å². The summed E-state index contributed by atoms with van der Waals surface area (Å²) >= 11 is 0.